The molecule has 2 aromatic rings. The molecule has 3 fully saturated rings. The third kappa shape index (κ3) is 7.95. The first kappa shape index (κ1) is 39.2. The SMILES string of the molecule is CC(C)(C)N(C(=O)O)[C@H]1CCCCCC=C[C@@H]2C[C@@]2(C(=O)NS(=O)(=O)C2CC2)NC(=O)[C@@H]2C[C@@H](Oc3nc4c(F)cccc4nc3C(F)(F)F)CN2C1=O. The van der Waals surface area contributed by atoms with E-state index in [1.165, 1.54) is 6.07 Å². The molecule has 2 aliphatic heterocycles. The van der Waals surface area contributed by atoms with E-state index >= 15 is 0 Å². The van der Waals surface area contributed by atoms with Crippen LogP contribution in [0, 0.1) is 11.7 Å². The summed E-state index contributed by atoms with van der Waals surface area (Å²) in [7, 11) is -4.03. The fraction of sp³-hybridized carbons (Fsp3) is 0.600. The van der Waals surface area contributed by atoms with Crippen LogP contribution in [0.3, 0.4) is 0 Å². The van der Waals surface area contributed by atoms with Gasteiger partial charge in [0.1, 0.15) is 29.2 Å². The predicted molar refractivity (Wildman–Crippen MR) is 184 cm³/mol. The molecule has 2 saturated carbocycles. The van der Waals surface area contributed by atoms with E-state index in [-0.39, 0.29) is 18.4 Å². The van der Waals surface area contributed by atoms with Crippen LogP contribution in [-0.4, -0.2) is 98.2 Å². The topological polar surface area (TPSA) is 188 Å². The molecule has 3 heterocycles. The second-order valence-electron chi connectivity index (χ2n) is 15.3. The molecule has 294 valence electrons. The van der Waals surface area contributed by atoms with Crippen LogP contribution in [0.5, 0.6) is 5.88 Å². The average molecular weight is 783 g/mol. The molecule has 3 N–H and O–H groups in total. The molecular weight excluding hydrogens is 740 g/mol. The summed E-state index contributed by atoms with van der Waals surface area (Å²) in [6, 6.07) is 0.454. The van der Waals surface area contributed by atoms with Crippen molar-refractivity contribution in [1.82, 2.24) is 29.8 Å². The van der Waals surface area contributed by atoms with Crippen molar-refractivity contribution in [3.63, 3.8) is 0 Å². The fourth-order valence-electron chi connectivity index (χ4n) is 7.27. The highest BCUT2D eigenvalue weighted by atomic mass is 32.2. The van der Waals surface area contributed by atoms with Crippen LogP contribution in [-0.2, 0) is 30.6 Å². The van der Waals surface area contributed by atoms with Gasteiger partial charge in [-0.05, 0) is 71.4 Å². The Balaban J connectivity index is 1.39. The van der Waals surface area contributed by atoms with Crippen molar-refractivity contribution in [2.45, 2.75) is 119 Å². The normalized spacial score (nSPS) is 26.9. The number of hydrogen-bond donors (Lipinski definition) is 3. The zero-order chi connectivity index (χ0) is 39.4. The van der Waals surface area contributed by atoms with Crippen LogP contribution >= 0.6 is 0 Å². The van der Waals surface area contributed by atoms with Gasteiger partial charge in [0, 0.05) is 17.9 Å². The first-order valence-electron chi connectivity index (χ1n) is 17.8. The number of para-hydroxylation sites is 1. The number of nitrogens with one attached hydrogen (secondary N) is 2. The second kappa shape index (κ2) is 14.3. The number of fused-ring (bicyclic) bond motifs is 3. The van der Waals surface area contributed by atoms with E-state index in [0.29, 0.717) is 38.5 Å². The maximum Gasteiger partial charge on any atom is 0.438 e. The number of sulfonamides is 1. The zero-order valence-electron chi connectivity index (χ0n) is 29.9. The van der Waals surface area contributed by atoms with Crippen molar-refractivity contribution in [3.05, 3.63) is 41.9 Å². The summed E-state index contributed by atoms with van der Waals surface area (Å²) in [6.45, 7) is 4.26. The van der Waals surface area contributed by atoms with Crippen LogP contribution < -0.4 is 14.8 Å². The number of ether oxygens (including phenoxy) is 1. The molecule has 1 aromatic carbocycles. The maximum atomic E-state index is 14.7. The summed E-state index contributed by atoms with van der Waals surface area (Å²) in [5, 5.41) is 12.2. The Morgan fingerprint density at radius 3 is 2.46 bits per heavy atom. The third-order valence-electron chi connectivity index (χ3n) is 10.2. The largest absolute Gasteiger partial charge is 0.471 e. The van der Waals surface area contributed by atoms with Crippen molar-refractivity contribution < 1.29 is 55.0 Å². The second-order valence-corrected chi connectivity index (χ2v) is 17.3. The molecule has 4 amide bonds. The van der Waals surface area contributed by atoms with Gasteiger partial charge < -0.3 is 20.1 Å². The van der Waals surface area contributed by atoms with Gasteiger partial charge in [0.2, 0.25) is 33.4 Å². The molecule has 1 aromatic heterocycles. The summed E-state index contributed by atoms with van der Waals surface area (Å²) in [5.41, 5.74) is -5.28. The number of halogens is 4. The van der Waals surface area contributed by atoms with Gasteiger partial charge in [0.05, 0.1) is 17.3 Å². The Morgan fingerprint density at radius 2 is 1.81 bits per heavy atom. The zero-order valence-corrected chi connectivity index (χ0v) is 30.7. The van der Waals surface area contributed by atoms with E-state index in [1.807, 2.05) is 6.08 Å². The number of amides is 4. The van der Waals surface area contributed by atoms with Crippen LogP contribution in [0.1, 0.15) is 84.3 Å². The molecule has 0 radical (unpaired) electrons. The number of carbonyl (C=O) groups excluding carboxylic acids is 3. The van der Waals surface area contributed by atoms with Gasteiger partial charge in [0.25, 0.3) is 5.91 Å². The molecule has 19 heteroatoms. The lowest BCUT2D eigenvalue weighted by atomic mass is 9.98. The van der Waals surface area contributed by atoms with Gasteiger partial charge in [0.15, 0.2) is 5.82 Å². The van der Waals surface area contributed by atoms with Gasteiger partial charge in [-0.25, -0.2) is 27.6 Å². The summed E-state index contributed by atoms with van der Waals surface area (Å²) in [4.78, 5) is 64.5. The van der Waals surface area contributed by atoms with Crippen molar-refractivity contribution in [3.8, 4) is 5.88 Å². The van der Waals surface area contributed by atoms with Crippen LogP contribution in [0.4, 0.5) is 22.4 Å². The molecule has 54 heavy (non-hydrogen) atoms. The first-order chi connectivity index (χ1) is 25.2. The van der Waals surface area contributed by atoms with Crippen molar-refractivity contribution in [2.75, 3.05) is 6.54 Å². The smallest absolute Gasteiger partial charge is 0.438 e. The number of carbonyl (C=O) groups is 4. The summed E-state index contributed by atoms with van der Waals surface area (Å²) in [5.74, 6) is -5.37. The average Bonchev–Trinajstić information content (AvgIpc) is 3.99. The quantitative estimate of drug-likeness (QED) is 0.282. The molecular formula is C35H42F4N6O8S. The van der Waals surface area contributed by atoms with Gasteiger partial charge in [-0.15, -0.1) is 0 Å². The molecule has 2 aliphatic carbocycles. The lowest BCUT2D eigenvalue weighted by Crippen LogP contribution is -2.60. The van der Waals surface area contributed by atoms with E-state index in [4.69, 9.17) is 4.74 Å². The fourth-order valence-corrected chi connectivity index (χ4v) is 8.64. The van der Waals surface area contributed by atoms with Crippen LogP contribution in [0.2, 0.25) is 0 Å². The standard InChI is InChI=1S/C35H42F4N6O8S/c1-33(2,3)45(32(49)50)24-13-8-6-4-5-7-10-19-17-34(19,31(48)43-54(51,52)21-14-15-21)42-28(46)25-16-20(18-44(25)30(24)47)53-29-27(35(37,38)39)40-23-12-9-11-22(36)26(23)41-29/h7,9-12,19-21,24-25H,4-6,8,13-18H2,1-3H3,(H,42,46)(H,43,48)(H,49,50)/t19-,20-,24+,25+,34-/m1/s1. The Labute approximate surface area is 308 Å². The summed E-state index contributed by atoms with van der Waals surface area (Å²) < 4.78 is 90.8. The number of carboxylic acid groups (broad SMARTS) is 1. The highest BCUT2D eigenvalue weighted by molar-refractivity contribution is 7.91. The van der Waals surface area contributed by atoms with Gasteiger partial charge in [-0.3, -0.25) is 24.0 Å². The number of rotatable bonds is 6. The molecule has 14 nitrogen and oxygen atoms in total. The Hall–Kier alpha value is -4.55. The number of nitrogens with zero attached hydrogens (tertiary/aromatic N) is 4. The molecule has 5 atom stereocenters. The minimum Gasteiger partial charge on any atom is -0.471 e. The predicted octanol–water partition coefficient (Wildman–Crippen LogP) is 4.29. The number of alkyl halides is 3. The molecule has 0 spiro atoms. The van der Waals surface area contributed by atoms with Crippen LogP contribution in [0.15, 0.2) is 30.4 Å². The van der Waals surface area contributed by atoms with Gasteiger partial charge >= 0.3 is 12.3 Å². The molecule has 4 aliphatic rings. The highest BCUT2D eigenvalue weighted by Gasteiger charge is 2.62. The molecule has 1 saturated heterocycles. The summed E-state index contributed by atoms with van der Waals surface area (Å²) >= 11 is 0. The van der Waals surface area contributed by atoms with E-state index in [9.17, 15) is 50.3 Å². The number of hydrogen-bond acceptors (Lipinski definition) is 9. The highest BCUT2D eigenvalue weighted by Crippen LogP contribution is 2.46. The minimum absolute atomic E-state index is 0.0362. The number of benzene rings is 1. The van der Waals surface area contributed by atoms with Crippen molar-refractivity contribution in [1.29, 1.82) is 0 Å². The van der Waals surface area contributed by atoms with E-state index in [2.05, 4.69) is 20.0 Å². The van der Waals surface area contributed by atoms with Gasteiger partial charge in [-0.2, -0.15) is 13.2 Å². The van der Waals surface area contributed by atoms with E-state index in [0.717, 1.165) is 21.9 Å². The Bertz CT molecular complexity index is 1990. The van der Waals surface area contributed by atoms with Crippen molar-refractivity contribution in [2.24, 2.45) is 5.92 Å². The lowest BCUT2D eigenvalue weighted by Gasteiger charge is -2.41. The lowest BCUT2D eigenvalue weighted by molar-refractivity contribution is -0.145. The van der Waals surface area contributed by atoms with E-state index < -0.39 is 116 Å². The number of allylic oxidation sites excluding steroid dienone is 1. The molecule has 0 unspecified atom stereocenters. The van der Waals surface area contributed by atoms with Gasteiger partial charge in [-0.1, -0.05) is 31.1 Å². The van der Waals surface area contributed by atoms with Crippen molar-refractivity contribution >= 4 is 44.9 Å². The Kier molecular flexibility index (Phi) is 10.3. The Morgan fingerprint density at radius 1 is 1.09 bits per heavy atom. The van der Waals surface area contributed by atoms with E-state index in [1.54, 1.807) is 26.8 Å². The minimum atomic E-state index is -5.10. The molecule has 0 bridgehead atoms. The van der Waals surface area contributed by atoms with Crippen LogP contribution in [0.25, 0.3) is 11.0 Å². The molecule has 6 rings (SSSR count). The maximum absolute atomic E-state index is 14.7. The summed E-state index contributed by atoms with van der Waals surface area (Å²) in [6.07, 6.45) is -1.73. The first-order valence-corrected chi connectivity index (χ1v) is 19.3. The number of aromatic nitrogens is 2. The monoisotopic (exact) mass is 782 g/mol. The third-order valence-corrected chi connectivity index (χ3v) is 12.0.